The summed E-state index contributed by atoms with van der Waals surface area (Å²) in [5.41, 5.74) is 0.475. The quantitative estimate of drug-likeness (QED) is 0.630. The molecule has 0 radical (unpaired) electrons. The zero-order valence-corrected chi connectivity index (χ0v) is 18.2. The number of amides is 3. The predicted molar refractivity (Wildman–Crippen MR) is 116 cm³/mol. The Bertz CT molecular complexity index is 909. The van der Waals surface area contributed by atoms with E-state index in [0.717, 1.165) is 5.56 Å². The lowest BCUT2D eigenvalue weighted by atomic mass is 10.0. The van der Waals surface area contributed by atoms with E-state index in [-0.39, 0.29) is 24.4 Å². The second-order valence-electron chi connectivity index (χ2n) is 8.02. The third kappa shape index (κ3) is 7.33. The number of para-hydroxylation sites is 1. The van der Waals surface area contributed by atoms with Crippen molar-refractivity contribution >= 4 is 17.9 Å². The second kappa shape index (κ2) is 10.5. The number of hydrogen-bond donors (Lipinski definition) is 3. The van der Waals surface area contributed by atoms with Crippen molar-refractivity contribution in [2.24, 2.45) is 0 Å². The SMILES string of the molecule is CN(C(=O)CNC(=O)OC(C)(C)C)C(C(=O)NCc1ccccc1)c1ccccc1O. The fourth-order valence-electron chi connectivity index (χ4n) is 2.86. The molecule has 1 atom stereocenters. The Morgan fingerprint density at radius 2 is 1.61 bits per heavy atom. The van der Waals surface area contributed by atoms with E-state index in [1.165, 1.54) is 18.0 Å². The Hall–Kier alpha value is -3.55. The summed E-state index contributed by atoms with van der Waals surface area (Å²) in [7, 11) is 1.44. The largest absolute Gasteiger partial charge is 0.508 e. The van der Waals surface area contributed by atoms with Crippen LogP contribution in [0.1, 0.15) is 37.9 Å². The summed E-state index contributed by atoms with van der Waals surface area (Å²) < 4.78 is 5.13. The molecule has 1 unspecified atom stereocenters. The Kier molecular flexibility index (Phi) is 8.01. The number of benzene rings is 2. The lowest BCUT2D eigenvalue weighted by molar-refractivity contribution is -0.138. The molecule has 0 aliphatic heterocycles. The van der Waals surface area contributed by atoms with Gasteiger partial charge in [0, 0.05) is 19.2 Å². The molecule has 3 amide bonds. The van der Waals surface area contributed by atoms with E-state index in [4.69, 9.17) is 4.74 Å². The van der Waals surface area contributed by atoms with Gasteiger partial charge in [-0.25, -0.2) is 4.79 Å². The van der Waals surface area contributed by atoms with Crippen molar-refractivity contribution in [3.63, 3.8) is 0 Å². The summed E-state index contributed by atoms with van der Waals surface area (Å²) in [5.74, 6) is -1.09. The van der Waals surface area contributed by atoms with Gasteiger partial charge < -0.3 is 25.4 Å². The number of alkyl carbamates (subject to hydrolysis) is 1. The second-order valence-corrected chi connectivity index (χ2v) is 8.02. The van der Waals surface area contributed by atoms with Crippen LogP contribution in [-0.2, 0) is 20.9 Å². The maximum Gasteiger partial charge on any atom is 0.408 e. The van der Waals surface area contributed by atoms with Gasteiger partial charge in [0.1, 0.15) is 23.9 Å². The Morgan fingerprint density at radius 3 is 2.23 bits per heavy atom. The standard InChI is InChI=1S/C23H29N3O5/c1-23(2,3)31-22(30)25-15-19(28)26(4)20(17-12-8-9-13-18(17)27)21(29)24-14-16-10-6-5-7-11-16/h5-13,20,27H,14-15H2,1-4H3,(H,24,29)(H,25,30). The smallest absolute Gasteiger partial charge is 0.408 e. The number of rotatable bonds is 7. The van der Waals surface area contributed by atoms with Gasteiger partial charge in [-0.15, -0.1) is 0 Å². The highest BCUT2D eigenvalue weighted by atomic mass is 16.6. The minimum Gasteiger partial charge on any atom is -0.508 e. The van der Waals surface area contributed by atoms with Gasteiger partial charge >= 0.3 is 6.09 Å². The minimum absolute atomic E-state index is 0.109. The first-order valence-corrected chi connectivity index (χ1v) is 9.90. The molecular formula is C23H29N3O5. The number of phenolic OH excluding ortho intramolecular Hbond substituents is 1. The van der Waals surface area contributed by atoms with E-state index in [2.05, 4.69) is 10.6 Å². The first-order valence-electron chi connectivity index (χ1n) is 9.90. The summed E-state index contributed by atoms with van der Waals surface area (Å²) in [5, 5.41) is 15.5. The molecule has 0 spiro atoms. The van der Waals surface area contributed by atoms with Crippen molar-refractivity contribution in [2.75, 3.05) is 13.6 Å². The number of hydrogen-bond acceptors (Lipinski definition) is 5. The molecule has 8 heteroatoms. The van der Waals surface area contributed by atoms with Crippen LogP contribution in [-0.4, -0.2) is 47.1 Å². The van der Waals surface area contributed by atoms with Gasteiger partial charge in [-0.1, -0.05) is 48.5 Å². The molecule has 0 aromatic heterocycles. The number of ether oxygens (including phenoxy) is 1. The monoisotopic (exact) mass is 427 g/mol. The lowest BCUT2D eigenvalue weighted by Crippen LogP contribution is -2.46. The van der Waals surface area contributed by atoms with Gasteiger partial charge in [0.05, 0.1) is 0 Å². The van der Waals surface area contributed by atoms with E-state index in [1.807, 2.05) is 30.3 Å². The molecule has 166 valence electrons. The van der Waals surface area contributed by atoms with Crippen molar-refractivity contribution in [3.05, 3.63) is 65.7 Å². The van der Waals surface area contributed by atoms with Gasteiger partial charge in [-0.2, -0.15) is 0 Å². The van der Waals surface area contributed by atoms with Crippen LogP contribution < -0.4 is 10.6 Å². The number of nitrogens with one attached hydrogen (secondary N) is 2. The highest BCUT2D eigenvalue weighted by Gasteiger charge is 2.30. The van der Waals surface area contributed by atoms with Crippen LogP contribution >= 0.6 is 0 Å². The van der Waals surface area contributed by atoms with E-state index >= 15 is 0 Å². The fraction of sp³-hybridized carbons (Fsp3) is 0.348. The normalized spacial score (nSPS) is 11.9. The molecule has 2 aromatic rings. The average molecular weight is 428 g/mol. The molecular weight excluding hydrogens is 398 g/mol. The van der Waals surface area contributed by atoms with Crippen molar-refractivity contribution in [1.82, 2.24) is 15.5 Å². The number of likely N-dealkylation sites (N-methyl/N-ethyl adjacent to an activating group) is 1. The molecule has 8 nitrogen and oxygen atoms in total. The van der Waals surface area contributed by atoms with Crippen molar-refractivity contribution in [2.45, 2.75) is 39.0 Å². The average Bonchev–Trinajstić information content (AvgIpc) is 2.71. The van der Waals surface area contributed by atoms with E-state index < -0.39 is 29.6 Å². The van der Waals surface area contributed by atoms with Crippen LogP contribution in [0.25, 0.3) is 0 Å². The number of carbonyl (C=O) groups is 3. The lowest BCUT2D eigenvalue weighted by Gasteiger charge is -2.28. The summed E-state index contributed by atoms with van der Waals surface area (Å²) >= 11 is 0. The van der Waals surface area contributed by atoms with Crippen LogP contribution in [0.15, 0.2) is 54.6 Å². The van der Waals surface area contributed by atoms with Crippen LogP contribution in [0.5, 0.6) is 5.75 Å². The molecule has 0 aliphatic carbocycles. The van der Waals surface area contributed by atoms with Crippen LogP contribution in [0.2, 0.25) is 0 Å². The molecule has 2 aromatic carbocycles. The molecule has 0 fully saturated rings. The van der Waals surface area contributed by atoms with Gasteiger partial charge in [0.25, 0.3) is 0 Å². The predicted octanol–water partition coefficient (Wildman–Crippen LogP) is 2.73. The van der Waals surface area contributed by atoms with Gasteiger partial charge in [0.2, 0.25) is 11.8 Å². The topological polar surface area (TPSA) is 108 Å². The van der Waals surface area contributed by atoms with Crippen molar-refractivity contribution < 1.29 is 24.2 Å². The summed E-state index contributed by atoms with van der Waals surface area (Å²) in [6, 6.07) is 14.6. The first kappa shape index (κ1) is 23.7. The summed E-state index contributed by atoms with van der Waals surface area (Å²) in [6.07, 6.45) is -0.734. The maximum absolute atomic E-state index is 13.0. The highest BCUT2D eigenvalue weighted by Crippen LogP contribution is 2.28. The third-order valence-corrected chi connectivity index (χ3v) is 4.35. The zero-order chi connectivity index (χ0) is 23.0. The van der Waals surface area contributed by atoms with Crippen molar-refractivity contribution in [3.8, 4) is 5.75 Å². The van der Waals surface area contributed by atoms with E-state index in [9.17, 15) is 19.5 Å². The molecule has 0 saturated heterocycles. The van der Waals surface area contributed by atoms with Crippen LogP contribution in [0, 0.1) is 0 Å². The Morgan fingerprint density at radius 1 is 1.00 bits per heavy atom. The molecule has 0 heterocycles. The Labute approximate surface area is 182 Å². The highest BCUT2D eigenvalue weighted by molar-refractivity contribution is 5.90. The summed E-state index contributed by atoms with van der Waals surface area (Å²) in [6.45, 7) is 5.05. The van der Waals surface area contributed by atoms with E-state index in [1.54, 1.807) is 39.0 Å². The minimum atomic E-state index is -1.09. The molecule has 31 heavy (non-hydrogen) atoms. The Balaban J connectivity index is 2.14. The van der Waals surface area contributed by atoms with Gasteiger partial charge in [0.15, 0.2) is 0 Å². The number of nitrogens with zero attached hydrogens (tertiary/aromatic N) is 1. The number of aromatic hydroxyl groups is 1. The van der Waals surface area contributed by atoms with Crippen LogP contribution in [0.4, 0.5) is 4.79 Å². The summed E-state index contributed by atoms with van der Waals surface area (Å²) in [4.78, 5) is 38.8. The maximum atomic E-state index is 13.0. The van der Waals surface area contributed by atoms with Crippen LogP contribution in [0.3, 0.4) is 0 Å². The molecule has 2 rings (SSSR count). The fourth-order valence-corrected chi connectivity index (χ4v) is 2.86. The third-order valence-electron chi connectivity index (χ3n) is 4.35. The van der Waals surface area contributed by atoms with Crippen molar-refractivity contribution in [1.29, 1.82) is 0 Å². The molecule has 0 bridgehead atoms. The zero-order valence-electron chi connectivity index (χ0n) is 18.2. The number of phenols is 1. The molecule has 3 N–H and O–H groups in total. The van der Waals surface area contributed by atoms with E-state index in [0.29, 0.717) is 0 Å². The first-order chi connectivity index (χ1) is 14.6. The molecule has 0 saturated carbocycles. The number of carbonyl (C=O) groups excluding carboxylic acids is 3. The molecule has 0 aliphatic rings. The van der Waals surface area contributed by atoms with Gasteiger partial charge in [-0.05, 0) is 32.4 Å². The van der Waals surface area contributed by atoms with Gasteiger partial charge in [-0.3, -0.25) is 9.59 Å².